The molecule has 1 amide bonds. The monoisotopic (exact) mass is 238 g/mol. The van der Waals surface area contributed by atoms with Crippen LogP contribution >= 0.6 is 0 Å². The van der Waals surface area contributed by atoms with Gasteiger partial charge in [-0.05, 0) is 38.1 Å². The zero-order valence-electron chi connectivity index (χ0n) is 9.41. The van der Waals surface area contributed by atoms with E-state index in [-0.39, 0.29) is 17.4 Å². The molecule has 3 N–H and O–H groups in total. The van der Waals surface area contributed by atoms with E-state index in [1.807, 2.05) is 0 Å². The van der Waals surface area contributed by atoms with Crippen LogP contribution in [0.25, 0.3) is 0 Å². The van der Waals surface area contributed by atoms with Gasteiger partial charge in [0.2, 0.25) is 0 Å². The van der Waals surface area contributed by atoms with Crippen LogP contribution in [0.15, 0.2) is 18.2 Å². The number of piperidine rings is 1. The van der Waals surface area contributed by atoms with Gasteiger partial charge in [-0.2, -0.15) is 0 Å². The molecule has 1 aromatic rings. The highest BCUT2D eigenvalue weighted by molar-refractivity contribution is 5.95. The average Bonchev–Trinajstić information content (AvgIpc) is 2.33. The molecule has 0 aliphatic carbocycles. The number of benzene rings is 1. The van der Waals surface area contributed by atoms with E-state index in [0.717, 1.165) is 25.9 Å². The van der Waals surface area contributed by atoms with Crippen molar-refractivity contribution < 1.29 is 13.9 Å². The largest absolute Gasteiger partial charge is 0.486 e. The first-order valence-electron chi connectivity index (χ1n) is 5.64. The topological polar surface area (TPSA) is 64.4 Å². The van der Waals surface area contributed by atoms with Gasteiger partial charge < -0.3 is 15.8 Å². The fourth-order valence-corrected chi connectivity index (χ4v) is 1.90. The molecule has 0 bridgehead atoms. The predicted molar refractivity (Wildman–Crippen MR) is 61.4 cm³/mol. The molecule has 1 aliphatic rings. The normalized spacial score (nSPS) is 16.8. The van der Waals surface area contributed by atoms with Gasteiger partial charge in [-0.3, -0.25) is 4.79 Å². The number of amides is 1. The number of carbonyl (C=O) groups excluding carboxylic acids is 1. The Labute approximate surface area is 98.9 Å². The van der Waals surface area contributed by atoms with Crippen LogP contribution in [0.4, 0.5) is 4.39 Å². The van der Waals surface area contributed by atoms with Gasteiger partial charge in [-0.15, -0.1) is 0 Å². The first-order chi connectivity index (χ1) is 8.18. The molecule has 17 heavy (non-hydrogen) atoms. The highest BCUT2D eigenvalue weighted by Crippen LogP contribution is 2.25. The molecule has 0 radical (unpaired) electrons. The molecule has 92 valence electrons. The lowest BCUT2D eigenvalue weighted by molar-refractivity contribution is 0.0986. The summed E-state index contributed by atoms with van der Waals surface area (Å²) >= 11 is 0. The quantitative estimate of drug-likeness (QED) is 0.827. The maximum absolute atomic E-state index is 13.6. The fourth-order valence-electron chi connectivity index (χ4n) is 1.90. The molecular formula is C12H15FN2O2. The summed E-state index contributed by atoms with van der Waals surface area (Å²) in [5.41, 5.74) is 5.29. The Balaban J connectivity index is 2.21. The van der Waals surface area contributed by atoms with E-state index < -0.39 is 11.7 Å². The summed E-state index contributed by atoms with van der Waals surface area (Å²) in [7, 11) is 0. The molecule has 2 rings (SSSR count). The zero-order chi connectivity index (χ0) is 12.3. The van der Waals surface area contributed by atoms with Gasteiger partial charge in [0, 0.05) is 0 Å². The summed E-state index contributed by atoms with van der Waals surface area (Å²) in [4.78, 5) is 11.2. The fraction of sp³-hybridized carbons (Fsp3) is 0.417. The molecule has 0 unspecified atom stereocenters. The SMILES string of the molecule is NC(=O)c1cccc(F)c1OC1CCNCC1. The number of hydrogen-bond donors (Lipinski definition) is 2. The first kappa shape index (κ1) is 11.9. The van der Waals surface area contributed by atoms with E-state index >= 15 is 0 Å². The average molecular weight is 238 g/mol. The minimum absolute atomic E-state index is 0.0214. The van der Waals surface area contributed by atoms with Crippen molar-refractivity contribution in [3.05, 3.63) is 29.6 Å². The number of para-hydroxylation sites is 1. The molecule has 0 atom stereocenters. The molecule has 1 aromatic carbocycles. The van der Waals surface area contributed by atoms with Gasteiger partial charge in [0.15, 0.2) is 11.6 Å². The van der Waals surface area contributed by atoms with E-state index in [9.17, 15) is 9.18 Å². The second-order valence-corrected chi connectivity index (χ2v) is 4.05. The van der Waals surface area contributed by atoms with Crippen LogP contribution in [0.2, 0.25) is 0 Å². The molecule has 1 fully saturated rings. The number of ether oxygens (including phenoxy) is 1. The number of nitrogens with one attached hydrogen (secondary N) is 1. The van der Waals surface area contributed by atoms with Crippen LogP contribution in [0, 0.1) is 5.82 Å². The maximum atomic E-state index is 13.6. The molecule has 1 heterocycles. The minimum Gasteiger partial charge on any atom is -0.486 e. The number of rotatable bonds is 3. The van der Waals surface area contributed by atoms with E-state index in [0.29, 0.717) is 0 Å². The van der Waals surface area contributed by atoms with E-state index in [1.54, 1.807) is 0 Å². The van der Waals surface area contributed by atoms with E-state index in [1.165, 1.54) is 18.2 Å². The predicted octanol–water partition coefficient (Wildman–Crippen LogP) is 1.06. The number of carbonyl (C=O) groups is 1. The smallest absolute Gasteiger partial charge is 0.252 e. The molecule has 1 aliphatic heterocycles. The lowest BCUT2D eigenvalue weighted by atomic mass is 10.1. The van der Waals surface area contributed by atoms with Gasteiger partial charge in [-0.25, -0.2) is 4.39 Å². The number of primary amides is 1. The highest BCUT2D eigenvalue weighted by atomic mass is 19.1. The summed E-state index contributed by atoms with van der Waals surface area (Å²) < 4.78 is 19.2. The van der Waals surface area contributed by atoms with E-state index in [4.69, 9.17) is 10.5 Å². The van der Waals surface area contributed by atoms with Gasteiger partial charge >= 0.3 is 0 Å². The standard InChI is InChI=1S/C12H15FN2O2/c13-10-3-1-2-9(12(14)16)11(10)17-8-4-6-15-7-5-8/h1-3,8,15H,4-7H2,(H2,14,16). The van der Waals surface area contributed by atoms with Crippen molar-refractivity contribution in [3.8, 4) is 5.75 Å². The third kappa shape index (κ3) is 2.74. The summed E-state index contributed by atoms with van der Waals surface area (Å²) in [5, 5.41) is 3.19. The van der Waals surface area contributed by atoms with Crippen LogP contribution < -0.4 is 15.8 Å². The summed E-state index contributed by atoms with van der Waals surface area (Å²) in [6, 6.07) is 4.19. The lowest BCUT2D eigenvalue weighted by Crippen LogP contribution is -2.34. The second kappa shape index (κ2) is 5.14. The zero-order valence-corrected chi connectivity index (χ0v) is 9.41. The summed E-state index contributed by atoms with van der Waals surface area (Å²) in [6.07, 6.45) is 1.53. The molecule has 0 aromatic heterocycles. The minimum atomic E-state index is -0.673. The Bertz CT molecular complexity index is 417. The van der Waals surface area contributed by atoms with E-state index in [2.05, 4.69) is 5.32 Å². The van der Waals surface area contributed by atoms with Crippen LogP contribution in [0.1, 0.15) is 23.2 Å². The number of halogens is 1. The second-order valence-electron chi connectivity index (χ2n) is 4.05. The summed E-state index contributed by atoms with van der Waals surface area (Å²) in [6.45, 7) is 1.68. The Morgan fingerprint density at radius 2 is 2.12 bits per heavy atom. The highest BCUT2D eigenvalue weighted by Gasteiger charge is 2.20. The number of hydrogen-bond acceptors (Lipinski definition) is 3. The van der Waals surface area contributed by atoms with Crippen molar-refractivity contribution in [2.45, 2.75) is 18.9 Å². The van der Waals surface area contributed by atoms with Gasteiger partial charge in [-0.1, -0.05) is 6.07 Å². The molecule has 5 heteroatoms. The molecule has 1 saturated heterocycles. The Hall–Kier alpha value is -1.62. The van der Waals surface area contributed by atoms with Crippen LogP contribution in [0.5, 0.6) is 5.75 Å². The Morgan fingerprint density at radius 1 is 1.41 bits per heavy atom. The Morgan fingerprint density at radius 3 is 2.76 bits per heavy atom. The molecular weight excluding hydrogens is 223 g/mol. The number of nitrogens with two attached hydrogens (primary N) is 1. The molecule has 0 spiro atoms. The summed E-state index contributed by atoms with van der Waals surface area (Å²) in [5.74, 6) is -1.24. The van der Waals surface area contributed by atoms with Crippen molar-refractivity contribution in [2.75, 3.05) is 13.1 Å². The molecule has 0 saturated carbocycles. The lowest BCUT2D eigenvalue weighted by Gasteiger charge is -2.24. The first-order valence-corrected chi connectivity index (χ1v) is 5.64. The van der Waals surface area contributed by atoms with Crippen molar-refractivity contribution in [2.24, 2.45) is 5.73 Å². The molecule has 4 nitrogen and oxygen atoms in total. The van der Waals surface area contributed by atoms with Crippen molar-refractivity contribution in [1.29, 1.82) is 0 Å². The third-order valence-electron chi connectivity index (χ3n) is 2.80. The van der Waals surface area contributed by atoms with Gasteiger partial charge in [0.1, 0.15) is 6.10 Å². The Kier molecular flexibility index (Phi) is 3.58. The van der Waals surface area contributed by atoms with Gasteiger partial charge in [0.25, 0.3) is 5.91 Å². The maximum Gasteiger partial charge on any atom is 0.252 e. The van der Waals surface area contributed by atoms with Gasteiger partial charge in [0.05, 0.1) is 5.56 Å². The van der Waals surface area contributed by atoms with Crippen LogP contribution in [0.3, 0.4) is 0 Å². The third-order valence-corrected chi connectivity index (χ3v) is 2.80. The van der Waals surface area contributed by atoms with Crippen molar-refractivity contribution in [3.63, 3.8) is 0 Å². The van der Waals surface area contributed by atoms with Crippen molar-refractivity contribution in [1.82, 2.24) is 5.32 Å². The van der Waals surface area contributed by atoms with Crippen LogP contribution in [-0.2, 0) is 0 Å². The van der Waals surface area contributed by atoms with Crippen LogP contribution in [-0.4, -0.2) is 25.1 Å². The van der Waals surface area contributed by atoms with Crippen molar-refractivity contribution >= 4 is 5.91 Å².